The topological polar surface area (TPSA) is 71.5 Å². The van der Waals surface area contributed by atoms with Crippen molar-refractivity contribution in [2.75, 3.05) is 25.0 Å². The standard InChI is InChI=1S/C24H25ClFN3O3S/c1-4-29(5-2)22(30)14-32-20-11-10-18(13-19(20)25)28-24(31)23-15(3)27-21(33-23)12-16-6-8-17(26)9-7-16/h6-11,13H,4-5,12,14H2,1-3H3,(H,28,31). The molecule has 1 N–H and O–H groups in total. The van der Waals surface area contributed by atoms with Crippen molar-refractivity contribution in [3.63, 3.8) is 0 Å². The van der Waals surface area contributed by atoms with E-state index in [0.717, 1.165) is 10.6 Å². The molecule has 1 heterocycles. The number of halogens is 2. The van der Waals surface area contributed by atoms with Gasteiger partial charge in [-0.25, -0.2) is 9.37 Å². The molecule has 0 aliphatic heterocycles. The maximum atomic E-state index is 13.1. The summed E-state index contributed by atoms with van der Waals surface area (Å²) in [6.45, 7) is 6.70. The normalized spacial score (nSPS) is 10.7. The molecule has 1 aromatic heterocycles. The van der Waals surface area contributed by atoms with Gasteiger partial charge in [0.1, 0.15) is 16.4 Å². The molecule has 2 amide bonds. The Hall–Kier alpha value is -2.97. The summed E-state index contributed by atoms with van der Waals surface area (Å²) in [4.78, 5) is 31.5. The fourth-order valence-corrected chi connectivity index (χ4v) is 4.44. The zero-order valence-corrected chi connectivity index (χ0v) is 20.2. The fraction of sp³-hybridized carbons (Fsp3) is 0.292. The first kappa shape index (κ1) is 24.7. The molecule has 6 nitrogen and oxygen atoms in total. The van der Waals surface area contributed by atoms with Crippen LogP contribution in [-0.2, 0) is 11.2 Å². The molecule has 0 fully saturated rings. The van der Waals surface area contributed by atoms with Crippen molar-refractivity contribution in [2.45, 2.75) is 27.2 Å². The van der Waals surface area contributed by atoms with Crippen LogP contribution in [-0.4, -0.2) is 41.4 Å². The van der Waals surface area contributed by atoms with E-state index in [1.807, 2.05) is 13.8 Å². The molecule has 3 aromatic rings. The number of ether oxygens (including phenoxy) is 1. The summed E-state index contributed by atoms with van der Waals surface area (Å²) >= 11 is 7.58. The lowest BCUT2D eigenvalue weighted by Gasteiger charge is -2.19. The smallest absolute Gasteiger partial charge is 0.267 e. The van der Waals surface area contributed by atoms with Crippen molar-refractivity contribution < 1.29 is 18.7 Å². The highest BCUT2D eigenvalue weighted by Gasteiger charge is 2.17. The maximum absolute atomic E-state index is 13.1. The van der Waals surface area contributed by atoms with Crippen LogP contribution in [0.3, 0.4) is 0 Å². The number of aromatic nitrogens is 1. The van der Waals surface area contributed by atoms with Gasteiger partial charge in [-0.15, -0.1) is 11.3 Å². The van der Waals surface area contributed by atoms with E-state index in [4.69, 9.17) is 16.3 Å². The number of nitrogens with one attached hydrogen (secondary N) is 1. The molecule has 33 heavy (non-hydrogen) atoms. The van der Waals surface area contributed by atoms with E-state index in [0.29, 0.717) is 41.5 Å². The largest absolute Gasteiger partial charge is 0.482 e. The molecular weight excluding hydrogens is 465 g/mol. The minimum Gasteiger partial charge on any atom is -0.482 e. The van der Waals surface area contributed by atoms with Crippen molar-refractivity contribution in [3.8, 4) is 5.75 Å². The van der Waals surface area contributed by atoms with E-state index in [2.05, 4.69) is 10.3 Å². The Bertz CT molecular complexity index is 1130. The maximum Gasteiger partial charge on any atom is 0.267 e. The van der Waals surface area contributed by atoms with E-state index in [-0.39, 0.29) is 29.3 Å². The molecule has 0 unspecified atom stereocenters. The molecule has 9 heteroatoms. The van der Waals surface area contributed by atoms with Crippen LogP contribution >= 0.6 is 22.9 Å². The third-order valence-electron chi connectivity index (χ3n) is 4.97. The summed E-state index contributed by atoms with van der Waals surface area (Å²) in [6, 6.07) is 11.1. The SMILES string of the molecule is CCN(CC)C(=O)COc1ccc(NC(=O)c2sc(Cc3ccc(F)cc3)nc2C)cc1Cl. The number of carbonyl (C=O) groups excluding carboxylic acids is 2. The molecule has 0 saturated carbocycles. The van der Waals surface area contributed by atoms with Gasteiger partial charge >= 0.3 is 0 Å². The van der Waals surface area contributed by atoms with Crippen molar-refractivity contribution in [3.05, 3.63) is 74.4 Å². The lowest BCUT2D eigenvalue weighted by molar-refractivity contribution is -0.132. The van der Waals surface area contributed by atoms with Gasteiger partial charge in [-0.2, -0.15) is 0 Å². The van der Waals surface area contributed by atoms with Gasteiger partial charge < -0.3 is 15.0 Å². The molecule has 2 aromatic carbocycles. The number of amides is 2. The van der Waals surface area contributed by atoms with Crippen LogP contribution in [0.15, 0.2) is 42.5 Å². The Kier molecular flexibility index (Phi) is 8.41. The summed E-state index contributed by atoms with van der Waals surface area (Å²) in [5.74, 6) is -0.340. The first-order chi connectivity index (χ1) is 15.8. The molecular formula is C24H25ClFN3O3S. The summed E-state index contributed by atoms with van der Waals surface area (Å²) in [6.07, 6.45) is 0.517. The van der Waals surface area contributed by atoms with Gasteiger partial charge in [-0.1, -0.05) is 23.7 Å². The number of thiazole rings is 1. The molecule has 0 saturated heterocycles. The highest BCUT2D eigenvalue weighted by atomic mass is 35.5. The average molecular weight is 490 g/mol. The first-order valence-corrected chi connectivity index (χ1v) is 11.7. The second kappa shape index (κ2) is 11.2. The predicted octanol–water partition coefficient (Wildman–Crippen LogP) is 5.33. The van der Waals surface area contributed by atoms with Crippen LogP contribution in [0.5, 0.6) is 5.75 Å². The zero-order chi connectivity index (χ0) is 24.0. The predicted molar refractivity (Wildman–Crippen MR) is 129 cm³/mol. The van der Waals surface area contributed by atoms with Gasteiger partial charge in [-0.05, 0) is 56.7 Å². The first-order valence-electron chi connectivity index (χ1n) is 10.5. The average Bonchev–Trinajstić information content (AvgIpc) is 3.15. The van der Waals surface area contributed by atoms with Crippen LogP contribution < -0.4 is 10.1 Å². The number of anilines is 1. The summed E-state index contributed by atoms with van der Waals surface area (Å²) in [7, 11) is 0. The van der Waals surface area contributed by atoms with Crippen LogP contribution in [0, 0.1) is 12.7 Å². The van der Waals surface area contributed by atoms with Gasteiger partial charge in [0.15, 0.2) is 6.61 Å². The lowest BCUT2D eigenvalue weighted by Crippen LogP contribution is -2.34. The van der Waals surface area contributed by atoms with Gasteiger partial charge in [0.05, 0.1) is 15.7 Å². The third kappa shape index (κ3) is 6.52. The zero-order valence-electron chi connectivity index (χ0n) is 18.7. The molecule has 0 aliphatic carbocycles. The van der Waals surface area contributed by atoms with Crippen LogP contribution in [0.2, 0.25) is 5.02 Å². The second-order valence-corrected chi connectivity index (χ2v) is 8.77. The quantitative estimate of drug-likeness (QED) is 0.440. The van der Waals surface area contributed by atoms with E-state index in [9.17, 15) is 14.0 Å². The van der Waals surface area contributed by atoms with Gasteiger partial charge in [-0.3, -0.25) is 9.59 Å². The van der Waals surface area contributed by atoms with Crippen LogP contribution in [0.4, 0.5) is 10.1 Å². The third-order valence-corrected chi connectivity index (χ3v) is 6.42. The van der Waals surface area contributed by atoms with Crippen LogP contribution in [0.1, 0.15) is 39.8 Å². The Morgan fingerprint density at radius 2 is 1.85 bits per heavy atom. The minimum atomic E-state index is -0.295. The van der Waals surface area contributed by atoms with Gasteiger partial charge in [0, 0.05) is 25.2 Å². The number of carbonyl (C=O) groups is 2. The monoisotopic (exact) mass is 489 g/mol. The number of aryl methyl sites for hydroxylation is 1. The number of hydrogen-bond donors (Lipinski definition) is 1. The molecule has 0 spiro atoms. The molecule has 174 valence electrons. The fourth-order valence-electron chi connectivity index (χ4n) is 3.21. The Morgan fingerprint density at radius 1 is 1.15 bits per heavy atom. The van der Waals surface area contributed by atoms with Crippen molar-refractivity contribution in [1.29, 1.82) is 0 Å². The number of likely N-dealkylation sites (N-methyl/N-ethyl adjacent to an activating group) is 1. The van der Waals surface area contributed by atoms with E-state index >= 15 is 0 Å². The summed E-state index contributed by atoms with van der Waals surface area (Å²) in [5, 5.41) is 3.88. The minimum absolute atomic E-state index is 0.107. The number of nitrogens with zero attached hydrogens (tertiary/aromatic N) is 2. The van der Waals surface area contributed by atoms with Crippen LogP contribution in [0.25, 0.3) is 0 Å². The molecule has 0 atom stereocenters. The van der Waals surface area contributed by atoms with E-state index < -0.39 is 0 Å². The number of benzene rings is 2. The lowest BCUT2D eigenvalue weighted by atomic mass is 10.1. The van der Waals surface area contributed by atoms with E-state index in [1.54, 1.807) is 42.2 Å². The van der Waals surface area contributed by atoms with Gasteiger partial charge in [0.2, 0.25) is 0 Å². The van der Waals surface area contributed by atoms with Crippen molar-refractivity contribution >= 4 is 40.4 Å². The number of rotatable bonds is 9. The van der Waals surface area contributed by atoms with E-state index in [1.165, 1.54) is 23.5 Å². The second-order valence-electron chi connectivity index (χ2n) is 7.28. The summed E-state index contributed by atoms with van der Waals surface area (Å²) < 4.78 is 18.6. The molecule has 3 rings (SSSR count). The van der Waals surface area contributed by atoms with Crippen molar-refractivity contribution in [1.82, 2.24) is 9.88 Å². The molecule has 0 aliphatic rings. The highest BCUT2D eigenvalue weighted by Crippen LogP contribution is 2.29. The number of hydrogen-bond acceptors (Lipinski definition) is 5. The molecule has 0 bridgehead atoms. The highest BCUT2D eigenvalue weighted by molar-refractivity contribution is 7.14. The Balaban J connectivity index is 1.63. The molecule has 0 radical (unpaired) electrons. The Labute approximate surface area is 201 Å². The van der Waals surface area contributed by atoms with Crippen molar-refractivity contribution in [2.24, 2.45) is 0 Å². The summed E-state index contributed by atoms with van der Waals surface area (Å²) in [5.41, 5.74) is 2.04. The Morgan fingerprint density at radius 3 is 2.48 bits per heavy atom. The van der Waals surface area contributed by atoms with Gasteiger partial charge in [0.25, 0.3) is 11.8 Å².